The van der Waals surface area contributed by atoms with Gasteiger partial charge in [-0.25, -0.2) is 4.79 Å². The molecule has 3 heteroatoms. The number of nitrogens with zero attached hydrogens (tertiary/aromatic N) is 1. The minimum absolute atomic E-state index is 0.423. The average Bonchev–Trinajstić information content (AvgIpc) is 2.45. The van der Waals surface area contributed by atoms with Crippen LogP contribution in [0.3, 0.4) is 0 Å². The SMILES string of the molecule is Cn1c(C(=O)O)cc2c1CCCC2. The van der Waals surface area contributed by atoms with Gasteiger partial charge in [0.05, 0.1) is 0 Å². The molecule has 0 spiro atoms. The molecule has 0 unspecified atom stereocenters. The number of rotatable bonds is 1. The van der Waals surface area contributed by atoms with E-state index in [1.807, 2.05) is 17.7 Å². The second kappa shape index (κ2) is 2.91. The molecule has 2 rings (SSSR count). The first-order valence-corrected chi connectivity index (χ1v) is 4.61. The Balaban J connectivity index is 2.50. The van der Waals surface area contributed by atoms with Gasteiger partial charge in [0.2, 0.25) is 0 Å². The van der Waals surface area contributed by atoms with Crippen LogP contribution in [0.4, 0.5) is 0 Å². The maximum absolute atomic E-state index is 10.8. The lowest BCUT2D eigenvalue weighted by molar-refractivity contribution is 0.0686. The van der Waals surface area contributed by atoms with Gasteiger partial charge in [-0.05, 0) is 37.3 Å². The number of carboxylic acids is 1. The van der Waals surface area contributed by atoms with Crippen molar-refractivity contribution < 1.29 is 9.90 Å². The van der Waals surface area contributed by atoms with Crippen LogP contribution in [0.25, 0.3) is 0 Å². The zero-order valence-corrected chi connectivity index (χ0v) is 7.71. The van der Waals surface area contributed by atoms with Gasteiger partial charge in [-0.3, -0.25) is 0 Å². The van der Waals surface area contributed by atoms with Crippen LogP contribution >= 0.6 is 0 Å². The summed E-state index contributed by atoms with van der Waals surface area (Å²) in [6.07, 6.45) is 4.44. The monoisotopic (exact) mass is 179 g/mol. The van der Waals surface area contributed by atoms with Gasteiger partial charge in [0.15, 0.2) is 0 Å². The van der Waals surface area contributed by atoms with Crippen LogP contribution in [0.1, 0.15) is 34.6 Å². The van der Waals surface area contributed by atoms with E-state index in [9.17, 15) is 4.79 Å². The summed E-state index contributed by atoms with van der Waals surface area (Å²) in [5.74, 6) is -0.822. The van der Waals surface area contributed by atoms with E-state index in [0.717, 1.165) is 12.8 Å². The molecule has 3 nitrogen and oxygen atoms in total. The van der Waals surface area contributed by atoms with Crippen molar-refractivity contribution in [3.05, 3.63) is 23.0 Å². The molecule has 1 heterocycles. The first kappa shape index (κ1) is 8.35. The highest BCUT2D eigenvalue weighted by Crippen LogP contribution is 2.23. The molecule has 70 valence electrons. The Morgan fingerprint density at radius 2 is 2.15 bits per heavy atom. The second-order valence-electron chi connectivity index (χ2n) is 3.57. The lowest BCUT2D eigenvalue weighted by Crippen LogP contribution is -2.09. The summed E-state index contributed by atoms with van der Waals surface area (Å²) in [5.41, 5.74) is 2.86. The fourth-order valence-corrected chi connectivity index (χ4v) is 2.06. The van der Waals surface area contributed by atoms with Gasteiger partial charge in [-0.1, -0.05) is 0 Å². The van der Waals surface area contributed by atoms with E-state index in [1.54, 1.807) is 0 Å². The van der Waals surface area contributed by atoms with Crippen LogP contribution in [-0.2, 0) is 19.9 Å². The number of carboxylic acid groups (broad SMARTS) is 1. The van der Waals surface area contributed by atoms with Crippen molar-refractivity contribution in [2.45, 2.75) is 25.7 Å². The molecule has 13 heavy (non-hydrogen) atoms. The van der Waals surface area contributed by atoms with Crippen LogP contribution in [0.5, 0.6) is 0 Å². The van der Waals surface area contributed by atoms with E-state index in [-0.39, 0.29) is 0 Å². The van der Waals surface area contributed by atoms with E-state index in [4.69, 9.17) is 5.11 Å². The Morgan fingerprint density at radius 1 is 1.46 bits per heavy atom. The lowest BCUT2D eigenvalue weighted by Gasteiger charge is -2.12. The highest BCUT2D eigenvalue weighted by molar-refractivity contribution is 5.86. The minimum Gasteiger partial charge on any atom is -0.477 e. The summed E-state index contributed by atoms with van der Waals surface area (Å²) in [5, 5.41) is 8.89. The summed E-state index contributed by atoms with van der Waals surface area (Å²) < 4.78 is 1.82. The van der Waals surface area contributed by atoms with Crippen LogP contribution in [-0.4, -0.2) is 15.6 Å². The number of carbonyl (C=O) groups is 1. The van der Waals surface area contributed by atoms with Gasteiger partial charge < -0.3 is 9.67 Å². The van der Waals surface area contributed by atoms with Gasteiger partial charge in [0, 0.05) is 12.7 Å². The molecular weight excluding hydrogens is 166 g/mol. The van der Waals surface area contributed by atoms with Gasteiger partial charge in [0.25, 0.3) is 0 Å². The summed E-state index contributed by atoms with van der Waals surface area (Å²) in [6, 6.07) is 1.82. The number of aromatic nitrogens is 1. The Labute approximate surface area is 77.0 Å². The molecule has 1 aromatic heterocycles. The van der Waals surface area contributed by atoms with Crippen molar-refractivity contribution >= 4 is 5.97 Å². The molecule has 0 aliphatic heterocycles. The smallest absolute Gasteiger partial charge is 0.352 e. The molecule has 0 aromatic carbocycles. The highest BCUT2D eigenvalue weighted by Gasteiger charge is 2.18. The second-order valence-corrected chi connectivity index (χ2v) is 3.57. The number of aryl methyl sites for hydroxylation is 1. The number of hydrogen-bond donors (Lipinski definition) is 1. The molecule has 0 atom stereocenters. The minimum atomic E-state index is -0.822. The molecule has 1 aliphatic rings. The fraction of sp³-hybridized carbons (Fsp3) is 0.500. The number of fused-ring (bicyclic) bond motifs is 1. The van der Waals surface area contributed by atoms with Crippen LogP contribution in [0.2, 0.25) is 0 Å². The molecule has 0 saturated heterocycles. The van der Waals surface area contributed by atoms with Crippen molar-refractivity contribution in [1.82, 2.24) is 4.57 Å². The quantitative estimate of drug-likeness (QED) is 0.711. The zero-order valence-electron chi connectivity index (χ0n) is 7.71. The first-order chi connectivity index (χ1) is 6.20. The third kappa shape index (κ3) is 1.24. The Bertz CT molecular complexity index is 352. The summed E-state index contributed by atoms with van der Waals surface area (Å²) in [4.78, 5) is 10.8. The Kier molecular flexibility index (Phi) is 1.87. The van der Waals surface area contributed by atoms with Crippen molar-refractivity contribution in [2.75, 3.05) is 0 Å². The fourth-order valence-electron chi connectivity index (χ4n) is 2.06. The predicted molar refractivity (Wildman–Crippen MR) is 49.0 cm³/mol. The van der Waals surface area contributed by atoms with Crippen molar-refractivity contribution in [3.8, 4) is 0 Å². The van der Waals surface area contributed by atoms with Crippen molar-refractivity contribution in [1.29, 1.82) is 0 Å². The number of hydrogen-bond acceptors (Lipinski definition) is 1. The number of aromatic carboxylic acids is 1. The highest BCUT2D eigenvalue weighted by atomic mass is 16.4. The largest absolute Gasteiger partial charge is 0.477 e. The topological polar surface area (TPSA) is 42.2 Å². The maximum atomic E-state index is 10.8. The Hall–Kier alpha value is -1.25. The van der Waals surface area contributed by atoms with Gasteiger partial charge >= 0.3 is 5.97 Å². The molecule has 0 amide bonds. The average molecular weight is 179 g/mol. The molecule has 0 bridgehead atoms. The third-order valence-electron chi connectivity index (χ3n) is 2.78. The first-order valence-electron chi connectivity index (χ1n) is 4.61. The molecule has 1 N–H and O–H groups in total. The van der Waals surface area contributed by atoms with E-state index in [0.29, 0.717) is 5.69 Å². The van der Waals surface area contributed by atoms with Crippen LogP contribution in [0, 0.1) is 0 Å². The maximum Gasteiger partial charge on any atom is 0.352 e. The van der Waals surface area contributed by atoms with Gasteiger partial charge in [-0.15, -0.1) is 0 Å². The molecule has 0 saturated carbocycles. The molecule has 0 fully saturated rings. The summed E-state index contributed by atoms with van der Waals surface area (Å²) >= 11 is 0. The zero-order chi connectivity index (χ0) is 9.42. The van der Waals surface area contributed by atoms with Crippen LogP contribution < -0.4 is 0 Å². The lowest BCUT2D eigenvalue weighted by atomic mass is 9.98. The third-order valence-corrected chi connectivity index (χ3v) is 2.78. The normalized spacial score (nSPS) is 15.5. The van der Waals surface area contributed by atoms with Gasteiger partial charge in [-0.2, -0.15) is 0 Å². The van der Waals surface area contributed by atoms with E-state index in [1.165, 1.54) is 24.1 Å². The summed E-state index contributed by atoms with van der Waals surface area (Å²) in [6.45, 7) is 0. The Morgan fingerprint density at radius 3 is 2.77 bits per heavy atom. The van der Waals surface area contributed by atoms with Crippen LogP contribution in [0.15, 0.2) is 6.07 Å². The molecule has 1 aliphatic carbocycles. The van der Waals surface area contributed by atoms with E-state index in [2.05, 4.69) is 0 Å². The predicted octanol–water partition coefficient (Wildman–Crippen LogP) is 1.60. The van der Waals surface area contributed by atoms with E-state index >= 15 is 0 Å². The molecule has 0 radical (unpaired) electrons. The molecular formula is C10H13NO2. The van der Waals surface area contributed by atoms with E-state index < -0.39 is 5.97 Å². The summed E-state index contributed by atoms with van der Waals surface area (Å²) in [7, 11) is 1.84. The molecule has 1 aromatic rings. The standard InChI is InChI=1S/C10H13NO2/c1-11-8-5-3-2-4-7(8)6-9(11)10(12)13/h6H,2-5H2,1H3,(H,12,13). The van der Waals surface area contributed by atoms with Gasteiger partial charge in [0.1, 0.15) is 5.69 Å². The van der Waals surface area contributed by atoms with Crippen molar-refractivity contribution in [3.63, 3.8) is 0 Å². The van der Waals surface area contributed by atoms with Crippen molar-refractivity contribution in [2.24, 2.45) is 7.05 Å².